The van der Waals surface area contributed by atoms with E-state index in [1.54, 1.807) is 0 Å². The summed E-state index contributed by atoms with van der Waals surface area (Å²) in [6.45, 7) is 0. The Hall–Kier alpha value is -4.05. The van der Waals surface area contributed by atoms with Gasteiger partial charge in [-0.05, 0) is 5.56 Å². The summed E-state index contributed by atoms with van der Waals surface area (Å²) in [6, 6.07) is 11.7. The van der Waals surface area contributed by atoms with Gasteiger partial charge >= 0.3 is 0 Å². The summed E-state index contributed by atoms with van der Waals surface area (Å²) >= 11 is 1.35. The Kier molecular flexibility index (Phi) is 4.98. The lowest BCUT2D eigenvalue weighted by Crippen LogP contribution is -2.16. The molecule has 30 heavy (non-hydrogen) atoms. The average molecular weight is 422 g/mol. The van der Waals surface area contributed by atoms with Gasteiger partial charge in [-0.1, -0.05) is 30.3 Å². The van der Waals surface area contributed by atoms with Gasteiger partial charge < -0.3 is 9.84 Å². The molecule has 0 saturated carbocycles. The molecular weight excluding hydrogens is 408 g/mol. The number of phenols is 1. The topological polar surface area (TPSA) is 120 Å². The van der Waals surface area contributed by atoms with Gasteiger partial charge in [0.1, 0.15) is 11.2 Å². The van der Waals surface area contributed by atoms with Crippen molar-refractivity contribution in [3.05, 3.63) is 80.2 Å². The maximum Gasteiger partial charge on any atom is 0.283 e. The summed E-state index contributed by atoms with van der Waals surface area (Å²) in [5.74, 6) is -0.398. The van der Waals surface area contributed by atoms with E-state index in [9.17, 15) is 20.0 Å². The molecule has 1 N–H and O–H groups in total. The van der Waals surface area contributed by atoms with E-state index >= 15 is 0 Å². The third-order valence-corrected chi connectivity index (χ3v) is 5.29. The Morgan fingerprint density at radius 3 is 2.77 bits per heavy atom. The molecule has 0 fully saturated rings. The van der Waals surface area contributed by atoms with Crippen molar-refractivity contribution in [3.8, 4) is 22.6 Å². The minimum absolute atomic E-state index is 0.0293. The van der Waals surface area contributed by atoms with Gasteiger partial charge in [-0.25, -0.2) is 4.98 Å². The molecule has 0 atom stereocenters. The zero-order chi connectivity index (χ0) is 21.3. The van der Waals surface area contributed by atoms with Gasteiger partial charge in [-0.15, -0.1) is 11.3 Å². The quantitative estimate of drug-likeness (QED) is 0.298. The zero-order valence-corrected chi connectivity index (χ0v) is 16.4. The smallest absolute Gasteiger partial charge is 0.283 e. The Bertz CT molecular complexity index is 1340. The molecule has 0 aliphatic carbocycles. The molecule has 2 aromatic heterocycles. The second kappa shape index (κ2) is 7.76. The Labute approximate surface area is 173 Å². The summed E-state index contributed by atoms with van der Waals surface area (Å²) in [5, 5.41) is 27.7. The van der Waals surface area contributed by atoms with Gasteiger partial charge in [-0.3, -0.25) is 14.9 Å². The fraction of sp³-hybridized carbons (Fsp3) is 0.0500. The number of benzene rings is 2. The molecule has 0 aliphatic rings. The third-order valence-electron chi connectivity index (χ3n) is 4.40. The molecule has 2 heterocycles. The molecule has 4 rings (SSSR count). The first kappa shape index (κ1) is 19.3. The van der Waals surface area contributed by atoms with Crippen molar-refractivity contribution in [2.24, 2.45) is 5.10 Å². The number of nitro benzene ring substituents is 1. The predicted octanol–water partition coefficient (Wildman–Crippen LogP) is 3.63. The molecule has 150 valence electrons. The maximum absolute atomic E-state index is 13.0. The van der Waals surface area contributed by atoms with Crippen LogP contribution in [-0.2, 0) is 0 Å². The van der Waals surface area contributed by atoms with Crippen LogP contribution in [0, 0.1) is 10.1 Å². The molecule has 10 heteroatoms. The van der Waals surface area contributed by atoms with Crippen LogP contribution in [0.3, 0.4) is 0 Å². The number of aromatic hydroxyl groups is 1. The van der Waals surface area contributed by atoms with Crippen LogP contribution in [0.15, 0.2) is 64.1 Å². The molecular formula is C20H14N4O5S. The number of thiophene rings is 1. The lowest BCUT2D eigenvalue weighted by atomic mass is 10.1. The number of fused-ring (bicyclic) bond motifs is 1. The van der Waals surface area contributed by atoms with E-state index in [-0.39, 0.29) is 22.7 Å². The molecule has 0 aliphatic heterocycles. The molecule has 0 saturated heterocycles. The summed E-state index contributed by atoms with van der Waals surface area (Å²) in [4.78, 5) is 28.4. The Morgan fingerprint density at radius 1 is 1.30 bits per heavy atom. The van der Waals surface area contributed by atoms with E-state index in [1.807, 2.05) is 35.7 Å². The van der Waals surface area contributed by atoms with E-state index in [0.717, 1.165) is 34.2 Å². The number of non-ortho nitro benzene ring substituents is 1. The number of methoxy groups -OCH3 is 1. The highest BCUT2D eigenvalue weighted by molar-refractivity contribution is 7.17. The van der Waals surface area contributed by atoms with Gasteiger partial charge in [0.05, 0.1) is 29.7 Å². The molecule has 0 spiro atoms. The fourth-order valence-corrected chi connectivity index (χ4v) is 3.84. The van der Waals surface area contributed by atoms with Gasteiger partial charge in [0.25, 0.3) is 11.2 Å². The number of aromatic nitrogens is 2. The van der Waals surface area contributed by atoms with Crippen LogP contribution in [0.2, 0.25) is 0 Å². The Balaban J connectivity index is 1.81. The highest BCUT2D eigenvalue weighted by atomic mass is 32.1. The number of hydrogen-bond donors (Lipinski definition) is 1. The lowest BCUT2D eigenvalue weighted by molar-refractivity contribution is -0.385. The van der Waals surface area contributed by atoms with E-state index in [2.05, 4.69) is 10.1 Å². The molecule has 0 bridgehead atoms. The first-order valence-corrected chi connectivity index (χ1v) is 9.51. The van der Waals surface area contributed by atoms with Crippen molar-refractivity contribution in [2.75, 3.05) is 7.11 Å². The summed E-state index contributed by atoms with van der Waals surface area (Å²) in [7, 11) is 1.28. The minimum Gasteiger partial charge on any atom is -0.504 e. The van der Waals surface area contributed by atoms with E-state index < -0.39 is 10.5 Å². The van der Waals surface area contributed by atoms with E-state index in [4.69, 9.17) is 4.74 Å². The van der Waals surface area contributed by atoms with E-state index in [1.165, 1.54) is 24.8 Å². The zero-order valence-electron chi connectivity index (χ0n) is 15.6. The van der Waals surface area contributed by atoms with Crippen LogP contribution in [0.4, 0.5) is 5.69 Å². The number of rotatable bonds is 5. The van der Waals surface area contributed by atoms with Gasteiger partial charge in [0.15, 0.2) is 11.5 Å². The van der Waals surface area contributed by atoms with Crippen LogP contribution < -0.4 is 10.3 Å². The van der Waals surface area contributed by atoms with E-state index in [0.29, 0.717) is 10.2 Å². The van der Waals surface area contributed by atoms with Crippen LogP contribution in [0.25, 0.3) is 21.3 Å². The summed E-state index contributed by atoms with van der Waals surface area (Å²) in [5.41, 5.74) is 0.981. The number of nitrogens with zero attached hydrogens (tertiary/aromatic N) is 4. The molecule has 0 unspecified atom stereocenters. The van der Waals surface area contributed by atoms with Gasteiger partial charge in [0.2, 0.25) is 0 Å². The third kappa shape index (κ3) is 3.40. The first-order valence-electron chi connectivity index (χ1n) is 8.63. The number of phenolic OH excluding ortho intramolecular Hbond substituents is 1. The summed E-state index contributed by atoms with van der Waals surface area (Å²) < 4.78 is 5.99. The fourth-order valence-electron chi connectivity index (χ4n) is 2.93. The van der Waals surface area contributed by atoms with Crippen molar-refractivity contribution in [3.63, 3.8) is 0 Å². The standard InChI is InChI=1S/C20H14N4O5S/c1-29-16-8-14(24(27)28)7-13(18(16)25)9-22-23-11-21-19-17(20(23)26)15(10-30-19)12-5-3-2-4-6-12/h2-11,25H,1H3/b22-9+. The van der Waals surface area contributed by atoms with Gasteiger partial charge in [-0.2, -0.15) is 9.78 Å². The maximum atomic E-state index is 13.0. The Morgan fingerprint density at radius 2 is 2.07 bits per heavy atom. The second-order valence-electron chi connectivity index (χ2n) is 6.18. The normalized spacial score (nSPS) is 11.2. The number of nitro groups is 1. The minimum atomic E-state index is -0.615. The van der Waals surface area contributed by atoms with Crippen molar-refractivity contribution < 1.29 is 14.8 Å². The number of ether oxygens (including phenoxy) is 1. The monoisotopic (exact) mass is 422 g/mol. The van der Waals surface area contributed by atoms with Crippen LogP contribution in [-0.4, -0.2) is 33.0 Å². The number of hydrogen-bond acceptors (Lipinski definition) is 8. The molecule has 0 radical (unpaired) electrons. The van der Waals surface area contributed by atoms with Crippen molar-refractivity contribution in [2.45, 2.75) is 0 Å². The van der Waals surface area contributed by atoms with Crippen molar-refractivity contribution in [1.29, 1.82) is 0 Å². The van der Waals surface area contributed by atoms with Crippen molar-refractivity contribution in [1.82, 2.24) is 9.66 Å². The largest absolute Gasteiger partial charge is 0.504 e. The van der Waals surface area contributed by atoms with Gasteiger partial charge in [0, 0.05) is 22.6 Å². The van der Waals surface area contributed by atoms with Crippen LogP contribution in [0.1, 0.15) is 5.56 Å². The molecule has 2 aromatic carbocycles. The highest BCUT2D eigenvalue weighted by Crippen LogP contribution is 2.33. The average Bonchev–Trinajstić information content (AvgIpc) is 3.19. The predicted molar refractivity (Wildman–Crippen MR) is 114 cm³/mol. The highest BCUT2D eigenvalue weighted by Gasteiger charge is 2.16. The lowest BCUT2D eigenvalue weighted by Gasteiger charge is -2.06. The van der Waals surface area contributed by atoms with Crippen LogP contribution in [0.5, 0.6) is 11.5 Å². The van der Waals surface area contributed by atoms with Crippen molar-refractivity contribution >= 4 is 33.5 Å². The SMILES string of the molecule is COc1cc([N+](=O)[O-])cc(/C=N/n2cnc3scc(-c4ccccc4)c3c2=O)c1O. The molecule has 0 amide bonds. The van der Waals surface area contributed by atoms with Crippen LogP contribution >= 0.6 is 11.3 Å². The first-order chi connectivity index (χ1) is 14.5. The molecule has 4 aromatic rings. The molecule has 9 nitrogen and oxygen atoms in total. The summed E-state index contributed by atoms with van der Waals surface area (Å²) in [6.07, 6.45) is 2.41. The second-order valence-corrected chi connectivity index (χ2v) is 7.04.